The lowest BCUT2D eigenvalue weighted by Crippen LogP contribution is -2.42. The highest BCUT2D eigenvalue weighted by molar-refractivity contribution is 7.91. The highest BCUT2D eigenvalue weighted by Crippen LogP contribution is 2.32. The van der Waals surface area contributed by atoms with E-state index in [-0.39, 0.29) is 17.7 Å². The first kappa shape index (κ1) is 21.8. The maximum absolute atomic E-state index is 12.7. The van der Waals surface area contributed by atoms with E-state index in [2.05, 4.69) is 11.4 Å². The van der Waals surface area contributed by atoms with E-state index < -0.39 is 10.0 Å². The van der Waals surface area contributed by atoms with Gasteiger partial charge in [-0.3, -0.25) is 4.79 Å². The number of halogens is 1. The number of carbonyl (C=O) groups is 1. The second kappa shape index (κ2) is 9.74. The molecule has 1 aromatic heterocycles. The van der Waals surface area contributed by atoms with Crippen LogP contribution in [0.2, 0.25) is 4.34 Å². The molecule has 0 bridgehead atoms. The molecule has 28 heavy (non-hydrogen) atoms. The summed E-state index contributed by atoms with van der Waals surface area (Å²) in [4.78, 5) is 12.5. The van der Waals surface area contributed by atoms with Crippen LogP contribution in [-0.2, 0) is 14.8 Å². The summed E-state index contributed by atoms with van der Waals surface area (Å²) in [6.45, 7) is 3.56. The van der Waals surface area contributed by atoms with E-state index in [1.165, 1.54) is 29.1 Å². The van der Waals surface area contributed by atoms with Gasteiger partial charge in [-0.05, 0) is 63.0 Å². The maximum atomic E-state index is 12.7. The molecule has 1 amide bonds. The Kier molecular flexibility index (Phi) is 7.59. The summed E-state index contributed by atoms with van der Waals surface area (Å²) in [7, 11) is -3.48. The first-order chi connectivity index (χ1) is 13.4. The molecule has 0 saturated carbocycles. The molecule has 1 saturated heterocycles. The molecule has 5 nitrogen and oxygen atoms in total. The first-order valence-corrected chi connectivity index (χ1v) is 12.7. The van der Waals surface area contributed by atoms with Crippen molar-refractivity contribution in [2.45, 2.75) is 56.1 Å². The molecule has 3 rings (SSSR count). The largest absolute Gasteiger partial charge is 0.356 e. The Morgan fingerprint density at radius 2 is 2.07 bits per heavy atom. The number of amides is 1. The standard InChI is InChI=1S/C20H29ClN2O3S2/c1-15(20(24)22-12-9-16-5-3-2-4-6-16)17-10-13-23(14-11-17)28(25,26)19-8-7-18(21)27-19/h5,7-8,15,17H,2-4,6,9-14H2,1H3,(H,22,24)/t15-/m1/s1. The Morgan fingerprint density at radius 3 is 2.68 bits per heavy atom. The molecule has 1 atom stereocenters. The highest BCUT2D eigenvalue weighted by atomic mass is 35.5. The molecule has 2 heterocycles. The molecule has 1 fully saturated rings. The van der Waals surface area contributed by atoms with E-state index in [1.54, 1.807) is 12.1 Å². The lowest BCUT2D eigenvalue weighted by atomic mass is 9.85. The number of thiophene rings is 1. The molecule has 1 aliphatic carbocycles. The van der Waals surface area contributed by atoms with Gasteiger partial charge >= 0.3 is 0 Å². The third kappa shape index (κ3) is 5.38. The number of rotatable bonds is 7. The van der Waals surface area contributed by atoms with Crippen LogP contribution in [0.15, 0.2) is 28.0 Å². The van der Waals surface area contributed by atoms with Crippen LogP contribution in [0.25, 0.3) is 0 Å². The smallest absolute Gasteiger partial charge is 0.252 e. The summed E-state index contributed by atoms with van der Waals surface area (Å²) in [5.41, 5.74) is 1.46. The number of nitrogens with zero attached hydrogens (tertiary/aromatic N) is 1. The minimum Gasteiger partial charge on any atom is -0.356 e. The predicted molar refractivity (Wildman–Crippen MR) is 114 cm³/mol. The molecule has 8 heteroatoms. The number of allylic oxidation sites excluding steroid dienone is 1. The minimum absolute atomic E-state index is 0.0859. The summed E-state index contributed by atoms with van der Waals surface area (Å²) >= 11 is 6.97. The van der Waals surface area contributed by atoms with Crippen LogP contribution in [0.5, 0.6) is 0 Å². The summed E-state index contributed by atoms with van der Waals surface area (Å²) in [6.07, 6.45) is 9.54. The zero-order valence-electron chi connectivity index (χ0n) is 16.3. The monoisotopic (exact) mass is 444 g/mol. The second-order valence-electron chi connectivity index (χ2n) is 7.74. The number of hydrogen-bond donors (Lipinski definition) is 1. The number of piperidine rings is 1. The zero-order chi connectivity index (χ0) is 20.1. The fraction of sp³-hybridized carbons (Fsp3) is 0.650. The van der Waals surface area contributed by atoms with Gasteiger partial charge in [-0.1, -0.05) is 30.2 Å². The van der Waals surface area contributed by atoms with Gasteiger partial charge in [0.05, 0.1) is 4.34 Å². The Bertz CT molecular complexity index is 811. The number of hydrogen-bond acceptors (Lipinski definition) is 4. The first-order valence-electron chi connectivity index (χ1n) is 10.1. The van der Waals surface area contributed by atoms with Crippen molar-refractivity contribution in [3.63, 3.8) is 0 Å². The third-order valence-electron chi connectivity index (χ3n) is 5.89. The molecule has 0 unspecified atom stereocenters. The van der Waals surface area contributed by atoms with E-state index in [4.69, 9.17) is 11.6 Å². The van der Waals surface area contributed by atoms with Crippen molar-refractivity contribution in [1.82, 2.24) is 9.62 Å². The average molecular weight is 445 g/mol. The molecule has 1 N–H and O–H groups in total. The van der Waals surface area contributed by atoms with E-state index in [0.29, 0.717) is 41.0 Å². The van der Waals surface area contributed by atoms with Gasteiger partial charge in [0.1, 0.15) is 4.21 Å². The summed E-state index contributed by atoms with van der Waals surface area (Å²) < 4.78 is 27.7. The Hall–Kier alpha value is -0.890. The van der Waals surface area contributed by atoms with Gasteiger partial charge in [-0.25, -0.2) is 8.42 Å². The Morgan fingerprint density at radius 1 is 1.32 bits per heavy atom. The lowest BCUT2D eigenvalue weighted by molar-refractivity contribution is -0.126. The minimum atomic E-state index is -3.48. The van der Waals surface area contributed by atoms with Gasteiger partial charge in [0.15, 0.2) is 0 Å². The van der Waals surface area contributed by atoms with Gasteiger partial charge in [-0.2, -0.15) is 4.31 Å². The van der Waals surface area contributed by atoms with E-state index >= 15 is 0 Å². The van der Waals surface area contributed by atoms with Crippen molar-refractivity contribution in [3.05, 3.63) is 28.1 Å². The fourth-order valence-corrected chi connectivity index (χ4v) is 7.14. The van der Waals surface area contributed by atoms with Gasteiger partial charge in [0.25, 0.3) is 10.0 Å². The molecular weight excluding hydrogens is 416 g/mol. The van der Waals surface area contributed by atoms with Gasteiger partial charge < -0.3 is 5.32 Å². The summed E-state index contributed by atoms with van der Waals surface area (Å²) in [5.74, 6) is 0.205. The van der Waals surface area contributed by atoms with Crippen molar-refractivity contribution in [3.8, 4) is 0 Å². The molecule has 156 valence electrons. The van der Waals surface area contributed by atoms with E-state index in [1.807, 2.05) is 6.92 Å². The topological polar surface area (TPSA) is 66.5 Å². The Labute approximate surface area is 177 Å². The van der Waals surface area contributed by atoms with Crippen LogP contribution < -0.4 is 5.32 Å². The average Bonchev–Trinajstić information content (AvgIpc) is 3.15. The van der Waals surface area contributed by atoms with Crippen molar-refractivity contribution in [1.29, 1.82) is 0 Å². The van der Waals surface area contributed by atoms with Crippen molar-refractivity contribution < 1.29 is 13.2 Å². The molecular formula is C20H29ClN2O3S2. The Balaban J connectivity index is 1.45. The molecule has 1 aliphatic heterocycles. The number of carbonyl (C=O) groups excluding carboxylic acids is 1. The lowest BCUT2D eigenvalue weighted by Gasteiger charge is -2.33. The van der Waals surface area contributed by atoms with Crippen molar-refractivity contribution >= 4 is 38.9 Å². The van der Waals surface area contributed by atoms with Crippen LogP contribution in [0.4, 0.5) is 0 Å². The van der Waals surface area contributed by atoms with Crippen molar-refractivity contribution in [2.75, 3.05) is 19.6 Å². The van der Waals surface area contributed by atoms with Crippen LogP contribution >= 0.6 is 22.9 Å². The summed E-state index contributed by atoms with van der Waals surface area (Å²) in [5, 5.41) is 3.07. The number of nitrogens with one attached hydrogen (secondary N) is 1. The van der Waals surface area contributed by atoms with Crippen LogP contribution in [0.3, 0.4) is 0 Å². The highest BCUT2D eigenvalue weighted by Gasteiger charge is 2.34. The normalized spacial score (nSPS) is 20.6. The number of sulfonamides is 1. The van der Waals surface area contributed by atoms with Crippen LogP contribution in [0.1, 0.15) is 51.9 Å². The fourth-order valence-electron chi connectivity index (χ4n) is 4.03. The molecule has 2 aliphatic rings. The van der Waals surface area contributed by atoms with Crippen LogP contribution in [-0.4, -0.2) is 38.3 Å². The SMILES string of the molecule is C[C@@H](C(=O)NCCC1=CCCCC1)C1CCN(S(=O)(=O)c2ccc(Cl)s2)CC1. The third-order valence-corrected chi connectivity index (χ3v) is 9.49. The van der Waals surface area contributed by atoms with E-state index in [0.717, 1.165) is 24.2 Å². The molecule has 0 radical (unpaired) electrons. The molecule has 0 spiro atoms. The van der Waals surface area contributed by atoms with Gasteiger partial charge in [0, 0.05) is 25.6 Å². The quantitative estimate of drug-likeness (QED) is 0.632. The molecule has 1 aromatic rings. The van der Waals surface area contributed by atoms with Crippen LogP contribution in [0, 0.1) is 11.8 Å². The summed E-state index contributed by atoms with van der Waals surface area (Å²) in [6, 6.07) is 3.17. The molecule has 0 aromatic carbocycles. The maximum Gasteiger partial charge on any atom is 0.252 e. The van der Waals surface area contributed by atoms with E-state index in [9.17, 15) is 13.2 Å². The van der Waals surface area contributed by atoms with Gasteiger partial charge in [-0.15, -0.1) is 11.3 Å². The predicted octanol–water partition coefficient (Wildman–Crippen LogP) is 4.45. The second-order valence-corrected chi connectivity index (χ2v) is 11.6. The van der Waals surface area contributed by atoms with Gasteiger partial charge in [0.2, 0.25) is 5.91 Å². The van der Waals surface area contributed by atoms with Crippen molar-refractivity contribution in [2.24, 2.45) is 11.8 Å². The zero-order valence-corrected chi connectivity index (χ0v) is 18.7.